The Morgan fingerprint density at radius 3 is 2.68 bits per heavy atom. The summed E-state index contributed by atoms with van der Waals surface area (Å²) in [5, 5.41) is 9.89. The number of carbonyl (C=O) groups is 2. The Morgan fingerprint density at radius 2 is 2.00 bits per heavy atom. The van der Waals surface area contributed by atoms with E-state index in [4.69, 9.17) is 4.74 Å². The number of carbonyl (C=O) groups excluding carboxylic acids is 2. The Kier molecular flexibility index (Phi) is 5.99. The average molecular weight is 304 g/mol. The summed E-state index contributed by atoms with van der Waals surface area (Å²) >= 11 is 0. The van der Waals surface area contributed by atoms with Crippen LogP contribution in [-0.4, -0.2) is 23.5 Å². The monoisotopic (exact) mass is 304 g/mol. The molecule has 1 aromatic rings. The summed E-state index contributed by atoms with van der Waals surface area (Å²) in [4.78, 5) is 23.4. The lowest BCUT2D eigenvalue weighted by molar-refractivity contribution is -0.120. The van der Waals surface area contributed by atoms with Gasteiger partial charge in [-0.25, -0.2) is 4.79 Å². The average Bonchev–Trinajstić information content (AvgIpc) is 2.53. The Morgan fingerprint density at radius 1 is 1.27 bits per heavy atom. The van der Waals surface area contributed by atoms with E-state index in [1.807, 2.05) is 6.07 Å². The maximum atomic E-state index is 12.1. The molecule has 4 heteroatoms. The van der Waals surface area contributed by atoms with E-state index in [0.29, 0.717) is 25.2 Å². The van der Waals surface area contributed by atoms with Crippen LogP contribution in [0.4, 0.5) is 0 Å². The molecule has 120 valence electrons. The van der Waals surface area contributed by atoms with Crippen LogP contribution in [-0.2, 0) is 9.53 Å². The molecule has 1 aliphatic rings. The Balaban J connectivity index is 2.03. The molecule has 0 amide bonds. The summed E-state index contributed by atoms with van der Waals surface area (Å²) in [6, 6.07) is 5.11. The summed E-state index contributed by atoms with van der Waals surface area (Å²) in [7, 11) is 0. The Labute approximate surface area is 131 Å². The normalized spacial score (nSPS) is 15.8. The van der Waals surface area contributed by atoms with Crippen LogP contribution < -0.4 is 0 Å². The van der Waals surface area contributed by atoms with Crippen LogP contribution in [0.3, 0.4) is 0 Å². The molecule has 1 saturated carbocycles. The van der Waals surface area contributed by atoms with Gasteiger partial charge in [0.1, 0.15) is 17.1 Å². The molecule has 0 aromatic heterocycles. The molecule has 1 N–H and O–H groups in total. The predicted octanol–water partition coefficient (Wildman–Crippen LogP) is 3.97. The van der Waals surface area contributed by atoms with Gasteiger partial charge in [-0.1, -0.05) is 25.8 Å². The number of esters is 1. The summed E-state index contributed by atoms with van der Waals surface area (Å²) in [5.41, 5.74) is 1.23. The molecule has 0 bridgehead atoms. The topological polar surface area (TPSA) is 63.6 Å². The summed E-state index contributed by atoms with van der Waals surface area (Å²) in [6.45, 7) is 2.47. The van der Waals surface area contributed by atoms with Crippen LogP contribution in [0.1, 0.15) is 73.7 Å². The molecular weight excluding hydrogens is 280 g/mol. The van der Waals surface area contributed by atoms with Gasteiger partial charge in [0.15, 0.2) is 0 Å². The van der Waals surface area contributed by atoms with Gasteiger partial charge in [0.25, 0.3) is 0 Å². The number of phenols is 1. The lowest BCUT2D eigenvalue weighted by Gasteiger charge is -2.21. The summed E-state index contributed by atoms with van der Waals surface area (Å²) in [5.74, 6) is 0.0778. The van der Waals surface area contributed by atoms with Gasteiger partial charge in [-0.05, 0) is 42.9 Å². The minimum absolute atomic E-state index is 0.0453. The fourth-order valence-electron chi connectivity index (χ4n) is 2.84. The molecule has 1 fully saturated rings. The quantitative estimate of drug-likeness (QED) is 0.638. The van der Waals surface area contributed by atoms with E-state index < -0.39 is 5.97 Å². The van der Waals surface area contributed by atoms with E-state index in [2.05, 4.69) is 6.92 Å². The van der Waals surface area contributed by atoms with Crippen molar-refractivity contribution in [3.05, 3.63) is 29.3 Å². The highest BCUT2D eigenvalue weighted by Crippen LogP contribution is 2.33. The molecule has 2 rings (SSSR count). The maximum absolute atomic E-state index is 12.1. The van der Waals surface area contributed by atoms with E-state index in [1.165, 1.54) is 0 Å². The van der Waals surface area contributed by atoms with Crippen LogP contribution in [0.2, 0.25) is 0 Å². The van der Waals surface area contributed by atoms with Crippen molar-refractivity contribution in [1.29, 1.82) is 0 Å². The van der Waals surface area contributed by atoms with Crippen molar-refractivity contribution in [2.75, 3.05) is 6.61 Å². The number of phenolic OH excluding ortho intramolecular Hbond substituents is 1. The first-order valence-electron chi connectivity index (χ1n) is 8.13. The van der Waals surface area contributed by atoms with Crippen molar-refractivity contribution >= 4 is 11.8 Å². The third kappa shape index (κ3) is 4.33. The molecule has 1 aromatic carbocycles. The second kappa shape index (κ2) is 7.97. The third-order valence-electron chi connectivity index (χ3n) is 4.24. The van der Waals surface area contributed by atoms with Crippen molar-refractivity contribution in [3.8, 4) is 5.75 Å². The van der Waals surface area contributed by atoms with Gasteiger partial charge in [0.05, 0.1) is 6.61 Å². The van der Waals surface area contributed by atoms with Gasteiger partial charge >= 0.3 is 5.97 Å². The Bertz CT molecular complexity index is 526. The van der Waals surface area contributed by atoms with Crippen LogP contribution in [0.5, 0.6) is 5.75 Å². The number of rotatable bonds is 6. The molecule has 22 heavy (non-hydrogen) atoms. The molecule has 0 saturated heterocycles. The summed E-state index contributed by atoms with van der Waals surface area (Å²) in [6.07, 6.45) is 5.76. The number of unbranched alkanes of at least 4 members (excludes halogenated alkanes) is 2. The predicted molar refractivity (Wildman–Crippen MR) is 84.1 cm³/mol. The number of ketones is 1. The number of ether oxygens (including phenoxy) is 1. The maximum Gasteiger partial charge on any atom is 0.341 e. The summed E-state index contributed by atoms with van der Waals surface area (Å²) < 4.78 is 5.22. The minimum Gasteiger partial charge on any atom is -0.507 e. The second-order valence-electron chi connectivity index (χ2n) is 5.93. The van der Waals surface area contributed by atoms with Crippen LogP contribution in [0.15, 0.2) is 18.2 Å². The molecule has 0 radical (unpaired) electrons. The van der Waals surface area contributed by atoms with Crippen LogP contribution in [0.25, 0.3) is 0 Å². The van der Waals surface area contributed by atoms with Gasteiger partial charge < -0.3 is 9.84 Å². The van der Waals surface area contributed by atoms with E-state index in [1.54, 1.807) is 12.1 Å². The Hall–Kier alpha value is -1.84. The van der Waals surface area contributed by atoms with Crippen molar-refractivity contribution in [2.45, 2.75) is 57.8 Å². The van der Waals surface area contributed by atoms with Gasteiger partial charge in [-0.2, -0.15) is 0 Å². The van der Waals surface area contributed by atoms with Crippen molar-refractivity contribution < 1.29 is 19.4 Å². The first-order valence-corrected chi connectivity index (χ1v) is 8.13. The van der Waals surface area contributed by atoms with E-state index in [-0.39, 0.29) is 17.2 Å². The number of hydrogen-bond acceptors (Lipinski definition) is 4. The standard InChI is InChI=1S/C18H24O4/c1-2-3-4-11-22-18(21)16-12-14(7-10-17(16)20)13-5-8-15(19)9-6-13/h7,10,12-13,20H,2-6,8-9,11H2,1H3. The van der Waals surface area contributed by atoms with E-state index in [9.17, 15) is 14.7 Å². The first kappa shape index (κ1) is 16.5. The molecule has 0 spiro atoms. The number of benzene rings is 1. The fourth-order valence-corrected chi connectivity index (χ4v) is 2.84. The fraction of sp³-hybridized carbons (Fsp3) is 0.556. The zero-order chi connectivity index (χ0) is 15.9. The van der Waals surface area contributed by atoms with Crippen LogP contribution in [0, 0.1) is 0 Å². The largest absolute Gasteiger partial charge is 0.507 e. The third-order valence-corrected chi connectivity index (χ3v) is 4.24. The van der Waals surface area contributed by atoms with E-state index >= 15 is 0 Å². The number of aromatic hydroxyl groups is 1. The van der Waals surface area contributed by atoms with Crippen molar-refractivity contribution in [3.63, 3.8) is 0 Å². The SMILES string of the molecule is CCCCCOC(=O)c1cc(C2CCC(=O)CC2)ccc1O. The minimum atomic E-state index is -0.470. The lowest BCUT2D eigenvalue weighted by atomic mass is 9.83. The van der Waals surface area contributed by atoms with Crippen molar-refractivity contribution in [1.82, 2.24) is 0 Å². The highest BCUT2D eigenvalue weighted by Gasteiger charge is 2.22. The van der Waals surface area contributed by atoms with Crippen molar-refractivity contribution in [2.24, 2.45) is 0 Å². The number of Topliss-reactive ketones (excluding diaryl/α,β-unsaturated/α-hetero) is 1. The molecule has 0 heterocycles. The molecular formula is C18H24O4. The van der Waals surface area contributed by atoms with Gasteiger partial charge in [0.2, 0.25) is 0 Å². The smallest absolute Gasteiger partial charge is 0.341 e. The zero-order valence-corrected chi connectivity index (χ0v) is 13.1. The van der Waals surface area contributed by atoms with Crippen LogP contribution >= 0.6 is 0 Å². The molecule has 1 aliphatic carbocycles. The van der Waals surface area contributed by atoms with Gasteiger partial charge in [0, 0.05) is 12.8 Å². The molecule has 0 aliphatic heterocycles. The second-order valence-corrected chi connectivity index (χ2v) is 5.93. The van der Waals surface area contributed by atoms with E-state index in [0.717, 1.165) is 37.7 Å². The van der Waals surface area contributed by atoms with Gasteiger partial charge in [-0.3, -0.25) is 4.79 Å². The highest BCUT2D eigenvalue weighted by molar-refractivity contribution is 5.92. The first-order chi connectivity index (χ1) is 10.6. The van der Waals surface area contributed by atoms with Gasteiger partial charge in [-0.15, -0.1) is 0 Å². The molecule has 4 nitrogen and oxygen atoms in total. The molecule has 0 unspecified atom stereocenters. The molecule has 0 atom stereocenters. The number of hydrogen-bond donors (Lipinski definition) is 1. The zero-order valence-electron chi connectivity index (χ0n) is 13.1. The highest BCUT2D eigenvalue weighted by atomic mass is 16.5. The lowest BCUT2D eigenvalue weighted by Crippen LogP contribution is -2.13.